The van der Waals surface area contributed by atoms with Crippen molar-refractivity contribution in [3.05, 3.63) is 34.5 Å². The van der Waals surface area contributed by atoms with Crippen LogP contribution in [0.5, 0.6) is 5.75 Å². The Bertz CT molecular complexity index is 602. The van der Waals surface area contributed by atoms with Gasteiger partial charge in [-0.25, -0.2) is 0 Å². The molecule has 0 aliphatic rings. The molecule has 0 saturated carbocycles. The first-order valence-corrected chi connectivity index (χ1v) is 7.06. The molecule has 0 bridgehead atoms. The summed E-state index contributed by atoms with van der Waals surface area (Å²) in [6, 6.07) is 4.24. The van der Waals surface area contributed by atoms with Crippen molar-refractivity contribution in [3.63, 3.8) is 0 Å². The van der Waals surface area contributed by atoms with E-state index in [-0.39, 0.29) is 0 Å². The molecule has 0 aliphatic carbocycles. The van der Waals surface area contributed by atoms with Gasteiger partial charge in [0.2, 0.25) is 0 Å². The predicted octanol–water partition coefficient (Wildman–Crippen LogP) is 2.90. The first kappa shape index (κ1) is 14.6. The minimum Gasteiger partial charge on any atom is -0.494 e. The van der Waals surface area contributed by atoms with Crippen LogP contribution in [0.15, 0.2) is 12.1 Å². The van der Waals surface area contributed by atoms with E-state index in [1.807, 2.05) is 13.8 Å². The van der Waals surface area contributed by atoms with Crippen LogP contribution in [0.1, 0.15) is 29.3 Å². The molecule has 0 saturated heterocycles. The number of H-pyrrole nitrogens is 1. The Balaban J connectivity index is 2.50. The second-order valence-electron chi connectivity index (χ2n) is 5.08. The average molecular weight is 273 g/mol. The molecular formula is C16H23N3O. The zero-order valence-corrected chi connectivity index (χ0v) is 12.7. The number of ether oxygens (including phenoxy) is 1. The highest BCUT2D eigenvalue weighted by Gasteiger charge is 2.15. The largest absolute Gasteiger partial charge is 0.494 e. The van der Waals surface area contributed by atoms with Crippen LogP contribution in [0.3, 0.4) is 0 Å². The SMILES string of the molecule is CCOc1cc(C)c(-c2n[nH]c(C)c2CCN)cc1C. The fraction of sp³-hybridized carbons (Fsp3) is 0.438. The third-order valence-corrected chi connectivity index (χ3v) is 3.55. The number of aryl methyl sites for hydroxylation is 3. The van der Waals surface area contributed by atoms with Gasteiger partial charge in [-0.3, -0.25) is 5.10 Å². The Labute approximate surface area is 120 Å². The highest BCUT2D eigenvalue weighted by molar-refractivity contribution is 5.70. The number of nitrogens with two attached hydrogens (primary N) is 1. The molecular weight excluding hydrogens is 250 g/mol. The zero-order valence-electron chi connectivity index (χ0n) is 12.7. The summed E-state index contributed by atoms with van der Waals surface area (Å²) < 4.78 is 5.64. The summed E-state index contributed by atoms with van der Waals surface area (Å²) in [6.07, 6.45) is 0.837. The summed E-state index contributed by atoms with van der Waals surface area (Å²) in [5.74, 6) is 0.946. The predicted molar refractivity (Wildman–Crippen MR) is 82.2 cm³/mol. The molecule has 0 radical (unpaired) electrons. The van der Waals surface area contributed by atoms with Gasteiger partial charge in [0.15, 0.2) is 0 Å². The molecule has 4 heteroatoms. The first-order chi connectivity index (χ1) is 9.58. The van der Waals surface area contributed by atoms with Crippen LogP contribution >= 0.6 is 0 Å². The van der Waals surface area contributed by atoms with Crippen LogP contribution in [0.2, 0.25) is 0 Å². The number of aromatic amines is 1. The molecule has 4 nitrogen and oxygen atoms in total. The van der Waals surface area contributed by atoms with Gasteiger partial charge in [0.05, 0.1) is 12.3 Å². The summed E-state index contributed by atoms with van der Waals surface area (Å²) >= 11 is 0. The van der Waals surface area contributed by atoms with Gasteiger partial charge in [0.1, 0.15) is 5.75 Å². The summed E-state index contributed by atoms with van der Waals surface area (Å²) in [5, 5.41) is 7.53. The Hall–Kier alpha value is -1.81. The van der Waals surface area contributed by atoms with Gasteiger partial charge >= 0.3 is 0 Å². The monoisotopic (exact) mass is 273 g/mol. The maximum Gasteiger partial charge on any atom is 0.122 e. The standard InChI is InChI=1S/C16H23N3O/c1-5-20-15-9-10(2)14(8-11(15)3)16-13(6-7-17)12(4)18-19-16/h8-9H,5-7,17H2,1-4H3,(H,18,19). The molecule has 0 amide bonds. The van der Waals surface area contributed by atoms with Crippen molar-refractivity contribution in [1.29, 1.82) is 0 Å². The maximum atomic E-state index is 5.71. The third-order valence-electron chi connectivity index (χ3n) is 3.55. The van der Waals surface area contributed by atoms with Gasteiger partial charge < -0.3 is 10.5 Å². The van der Waals surface area contributed by atoms with Crippen molar-refractivity contribution in [1.82, 2.24) is 10.2 Å². The molecule has 0 aliphatic heterocycles. The fourth-order valence-corrected chi connectivity index (χ4v) is 2.48. The molecule has 0 spiro atoms. The van der Waals surface area contributed by atoms with Crippen LogP contribution < -0.4 is 10.5 Å². The number of nitrogens with one attached hydrogen (secondary N) is 1. The van der Waals surface area contributed by atoms with E-state index in [9.17, 15) is 0 Å². The number of nitrogens with zero attached hydrogens (tertiary/aromatic N) is 1. The van der Waals surface area contributed by atoms with Crippen LogP contribution in [-0.4, -0.2) is 23.3 Å². The zero-order chi connectivity index (χ0) is 14.7. The normalized spacial score (nSPS) is 10.8. The Kier molecular flexibility index (Phi) is 4.45. The molecule has 2 rings (SSSR count). The third kappa shape index (κ3) is 2.70. The molecule has 0 atom stereocenters. The second kappa shape index (κ2) is 6.09. The Morgan fingerprint density at radius 2 is 1.95 bits per heavy atom. The van der Waals surface area contributed by atoms with E-state index in [0.717, 1.165) is 34.7 Å². The van der Waals surface area contributed by atoms with E-state index >= 15 is 0 Å². The highest BCUT2D eigenvalue weighted by atomic mass is 16.5. The van der Waals surface area contributed by atoms with E-state index in [4.69, 9.17) is 10.5 Å². The van der Waals surface area contributed by atoms with Gasteiger partial charge in [-0.05, 0) is 63.9 Å². The molecule has 1 aromatic heterocycles. The van der Waals surface area contributed by atoms with Crippen LogP contribution in [0.4, 0.5) is 0 Å². The lowest BCUT2D eigenvalue weighted by atomic mass is 9.97. The average Bonchev–Trinajstić information content (AvgIpc) is 2.76. The van der Waals surface area contributed by atoms with Crippen LogP contribution in [0, 0.1) is 20.8 Å². The highest BCUT2D eigenvalue weighted by Crippen LogP contribution is 2.32. The molecule has 0 unspecified atom stereocenters. The number of hydrogen-bond acceptors (Lipinski definition) is 3. The van der Waals surface area contributed by atoms with Crippen molar-refractivity contribution in [3.8, 4) is 17.0 Å². The summed E-state index contributed by atoms with van der Waals surface area (Å²) in [4.78, 5) is 0. The number of rotatable bonds is 5. The van der Waals surface area contributed by atoms with E-state index in [1.54, 1.807) is 0 Å². The lowest BCUT2D eigenvalue weighted by Crippen LogP contribution is -2.04. The van der Waals surface area contributed by atoms with Crippen molar-refractivity contribution in [2.24, 2.45) is 5.73 Å². The van der Waals surface area contributed by atoms with Gasteiger partial charge in [-0.1, -0.05) is 0 Å². The topological polar surface area (TPSA) is 63.9 Å². The van der Waals surface area contributed by atoms with Crippen molar-refractivity contribution < 1.29 is 4.74 Å². The molecule has 1 aromatic carbocycles. The summed E-state index contributed by atoms with van der Waals surface area (Å²) in [5.41, 5.74) is 12.5. The number of aromatic nitrogens is 2. The molecule has 2 aromatic rings. The van der Waals surface area contributed by atoms with Crippen molar-refractivity contribution >= 4 is 0 Å². The number of hydrogen-bond donors (Lipinski definition) is 2. The Morgan fingerprint density at radius 1 is 1.20 bits per heavy atom. The van der Waals surface area contributed by atoms with Gasteiger partial charge in [0, 0.05) is 16.8 Å². The number of benzene rings is 1. The first-order valence-electron chi connectivity index (χ1n) is 7.06. The lowest BCUT2D eigenvalue weighted by molar-refractivity contribution is 0.337. The lowest BCUT2D eigenvalue weighted by Gasteiger charge is -2.12. The minimum atomic E-state index is 0.627. The van der Waals surface area contributed by atoms with Crippen molar-refractivity contribution in [2.75, 3.05) is 13.2 Å². The second-order valence-corrected chi connectivity index (χ2v) is 5.08. The maximum absolute atomic E-state index is 5.71. The molecule has 0 fully saturated rings. The van der Waals surface area contributed by atoms with Crippen LogP contribution in [0.25, 0.3) is 11.3 Å². The molecule has 108 valence electrons. The molecule has 1 heterocycles. The fourth-order valence-electron chi connectivity index (χ4n) is 2.48. The van der Waals surface area contributed by atoms with E-state index in [0.29, 0.717) is 13.2 Å². The van der Waals surface area contributed by atoms with Crippen LogP contribution in [-0.2, 0) is 6.42 Å². The molecule has 3 N–H and O–H groups in total. The van der Waals surface area contributed by atoms with Crippen molar-refractivity contribution in [2.45, 2.75) is 34.1 Å². The minimum absolute atomic E-state index is 0.627. The van der Waals surface area contributed by atoms with Gasteiger partial charge in [0.25, 0.3) is 0 Å². The quantitative estimate of drug-likeness (QED) is 0.880. The summed E-state index contributed by atoms with van der Waals surface area (Å²) in [6.45, 7) is 9.50. The molecule has 20 heavy (non-hydrogen) atoms. The van der Waals surface area contributed by atoms with E-state index in [2.05, 4.69) is 36.2 Å². The van der Waals surface area contributed by atoms with E-state index in [1.165, 1.54) is 11.1 Å². The van der Waals surface area contributed by atoms with E-state index < -0.39 is 0 Å². The summed E-state index contributed by atoms with van der Waals surface area (Å²) in [7, 11) is 0. The Morgan fingerprint density at radius 3 is 2.60 bits per heavy atom. The van der Waals surface area contributed by atoms with Gasteiger partial charge in [-0.15, -0.1) is 0 Å². The smallest absolute Gasteiger partial charge is 0.122 e. The van der Waals surface area contributed by atoms with Gasteiger partial charge in [-0.2, -0.15) is 5.10 Å².